The second-order valence-corrected chi connectivity index (χ2v) is 4.92. The molecule has 0 amide bonds. The Morgan fingerprint density at radius 2 is 1.90 bits per heavy atom. The van der Waals surface area contributed by atoms with Gasteiger partial charge in [0.15, 0.2) is 0 Å². The molecule has 0 saturated carbocycles. The number of rotatable bonds is 8. The molecule has 1 rings (SSSR count). The number of likely N-dealkylation sites (N-methyl/N-ethyl adjacent to an activating group) is 2. The van der Waals surface area contributed by atoms with Crippen molar-refractivity contribution in [2.24, 2.45) is 11.5 Å². The molecular weight excluding hydrogens is 260 g/mol. The lowest BCUT2D eigenvalue weighted by atomic mass is 10.0. The summed E-state index contributed by atoms with van der Waals surface area (Å²) < 4.78 is 0. The first-order valence-corrected chi connectivity index (χ1v) is 7.54. The van der Waals surface area contributed by atoms with Crippen LogP contribution in [0.4, 0.5) is 0 Å². The molecule has 0 aliphatic rings. The molecule has 1 aromatic carbocycles. The van der Waals surface area contributed by atoms with Crippen LogP contribution >= 0.6 is 0 Å². The Morgan fingerprint density at radius 1 is 1.24 bits per heavy atom. The fraction of sp³-hybridized carbons (Fsp3) is 0.412. The van der Waals surface area contributed by atoms with Crippen LogP contribution in [0.25, 0.3) is 5.57 Å². The summed E-state index contributed by atoms with van der Waals surface area (Å²) in [6.07, 6.45) is 4.59. The van der Waals surface area contributed by atoms with Gasteiger partial charge in [-0.1, -0.05) is 31.2 Å². The maximum absolute atomic E-state index is 6.20. The minimum atomic E-state index is 0.740. The van der Waals surface area contributed by atoms with Crippen molar-refractivity contribution < 1.29 is 0 Å². The van der Waals surface area contributed by atoms with Crippen LogP contribution in [0.3, 0.4) is 0 Å². The molecular formula is C17H28N4. The fourth-order valence-corrected chi connectivity index (χ4v) is 2.13. The quantitative estimate of drug-likeness (QED) is 0.639. The highest BCUT2D eigenvalue weighted by atomic mass is 15.2. The molecule has 4 nitrogen and oxygen atoms in total. The van der Waals surface area contributed by atoms with Crippen molar-refractivity contribution in [1.82, 2.24) is 10.2 Å². The average Bonchev–Trinajstić information content (AvgIpc) is 2.53. The molecule has 5 N–H and O–H groups in total. The number of aryl methyl sites for hydroxylation is 1. The lowest BCUT2D eigenvalue weighted by molar-refractivity contribution is 0.359. The summed E-state index contributed by atoms with van der Waals surface area (Å²) in [6, 6.07) is 8.43. The number of allylic oxidation sites excluding steroid dienone is 2. The standard InChI is InChI=1S/C17H28N4/c1-4-14-6-8-15(9-7-14)16(13-18)12-17(19)21(5-2)11-10-20-3/h6-9,12-13,20H,4-5,10-11,18-19H2,1-3H3/b16-13+,17-12+. The molecule has 116 valence electrons. The first-order valence-electron chi connectivity index (χ1n) is 7.54. The minimum absolute atomic E-state index is 0.740. The van der Waals surface area contributed by atoms with Crippen molar-refractivity contribution in [2.45, 2.75) is 20.3 Å². The Hall–Kier alpha value is -1.94. The highest BCUT2D eigenvalue weighted by molar-refractivity contribution is 5.74. The smallest absolute Gasteiger partial charge is 0.0993 e. The zero-order valence-electron chi connectivity index (χ0n) is 13.4. The van der Waals surface area contributed by atoms with Gasteiger partial charge in [0, 0.05) is 31.4 Å². The van der Waals surface area contributed by atoms with E-state index in [1.807, 2.05) is 13.1 Å². The molecule has 0 aromatic heterocycles. The van der Waals surface area contributed by atoms with Crippen molar-refractivity contribution in [2.75, 3.05) is 26.7 Å². The summed E-state index contributed by atoms with van der Waals surface area (Å²) in [7, 11) is 1.94. The number of benzene rings is 1. The van der Waals surface area contributed by atoms with Crippen molar-refractivity contribution in [1.29, 1.82) is 0 Å². The molecule has 0 radical (unpaired) electrons. The molecule has 0 aliphatic heterocycles. The van der Waals surface area contributed by atoms with Crippen LogP contribution < -0.4 is 16.8 Å². The molecule has 0 saturated heterocycles. The van der Waals surface area contributed by atoms with E-state index in [2.05, 4.69) is 48.3 Å². The number of nitrogens with zero attached hydrogens (tertiary/aromatic N) is 1. The maximum Gasteiger partial charge on any atom is 0.0993 e. The summed E-state index contributed by atoms with van der Waals surface area (Å²) in [5, 5.41) is 3.14. The van der Waals surface area contributed by atoms with Gasteiger partial charge in [0.25, 0.3) is 0 Å². The molecule has 0 unspecified atom stereocenters. The molecule has 0 heterocycles. The number of nitrogens with two attached hydrogens (primary N) is 2. The lowest BCUT2D eigenvalue weighted by Gasteiger charge is -2.23. The fourth-order valence-electron chi connectivity index (χ4n) is 2.13. The van der Waals surface area contributed by atoms with E-state index in [1.54, 1.807) is 6.20 Å². The molecule has 0 spiro atoms. The van der Waals surface area contributed by atoms with Crippen molar-refractivity contribution in [3.63, 3.8) is 0 Å². The second kappa shape index (κ2) is 9.08. The van der Waals surface area contributed by atoms with Gasteiger partial charge < -0.3 is 21.7 Å². The van der Waals surface area contributed by atoms with E-state index < -0.39 is 0 Å². The Kier molecular flexibility index (Phi) is 7.40. The predicted molar refractivity (Wildman–Crippen MR) is 91.4 cm³/mol. The lowest BCUT2D eigenvalue weighted by Crippen LogP contribution is -2.33. The number of hydrogen-bond acceptors (Lipinski definition) is 4. The second-order valence-electron chi connectivity index (χ2n) is 4.92. The van der Waals surface area contributed by atoms with Gasteiger partial charge in [0.2, 0.25) is 0 Å². The van der Waals surface area contributed by atoms with E-state index in [1.165, 1.54) is 5.56 Å². The van der Waals surface area contributed by atoms with E-state index in [0.29, 0.717) is 0 Å². The summed E-state index contributed by atoms with van der Waals surface area (Å²) in [4.78, 5) is 2.13. The first-order chi connectivity index (χ1) is 10.2. The van der Waals surface area contributed by atoms with Crippen LogP contribution in [0.1, 0.15) is 25.0 Å². The SMILES string of the molecule is CCc1ccc(C(=C/N)/C=C(\N)N(CC)CCNC)cc1. The van der Waals surface area contributed by atoms with Crippen molar-refractivity contribution in [3.05, 3.63) is 53.5 Å². The zero-order valence-corrected chi connectivity index (χ0v) is 13.4. The van der Waals surface area contributed by atoms with E-state index in [0.717, 1.165) is 43.0 Å². The maximum atomic E-state index is 6.20. The normalized spacial score (nSPS) is 12.5. The van der Waals surface area contributed by atoms with Crippen molar-refractivity contribution >= 4 is 5.57 Å². The highest BCUT2D eigenvalue weighted by Crippen LogP contribution is 2.17. The molecule has 0 aliphatic carbocycles. The Labute approximate surface area is 128 Å². The van der Waals surface area contributed by atoms with Gasteiger partial charge in [-0.05, 0) is 37.6 Å². The minimum Gasteiger partial charge on any atom is -0.404 e. The topological polar surface area (TPSA) is 67.3 Å². The van der Waals surface area contributed by atoms with E-state index >= 15 is 0 Å². The van der Waals surface area contributed by atoms with E-state index in [4.69, 9.17) is 11.5 Å². The highest BCUT2D eigenvalue weighted by Gasteiger charge is 2.05. The van der Waals surface area contributed by atoms with E-state index in [-0.39, 0.29) is 0 Å². The van der Waals surface area contributed by atoms with Crippen LogP contribution in [0.15, 0.2) is 42.4 Å². The monoisotopic (exact) mass is 288 g/mol. The van der Waals surface area contributed by atoms with Gasteiger partial charge in [0.1, 0.15) is 0 Å². The van der Waals surface area contributed by atoms with Gasteiger partial charge >= 0.3 is 0 Å². The summed E-state index contributed by atoms with van der Waals surface area (Å²) in [5.74, 6) is 0.740. The molecule has 0 atom stereocenters. The third-order valence-corrected chi connectivity index (χ3v) is 3.56. The number of nitrogens with one attached hydrogen (secondary N) is 1. The largest absolute Gasteiger partial charge is 0.404 e. The molecule has 4 heteroatoms. The molecule has 1 aromatic rings. The number of hydrogen-bond donors (Lipinski definition) is 3. The average molecular weight is 288 g/mol. The van der Waals surface area contributed by atoms with Gasteiger partial charge in [-0.3, -0.25) is 0 Å². The van der Waals surface area contributed by atoms with Crippen LogP contribution in [0.5, 0.6) is 0 Å². The molecule has 0 bridgehead atoms. The zero-order chi connectivity index (χ0) is 15.7. The van der Waals surface area contributed by atoms with Gasteiger partial charge in [-0.2, -0.15) is 0 Å². The van der Waals surface area contributed by atoms with Crippen molar-refractivity contribution in [3.8, 4) is 0 Å². The van der Waals surface area contributed by atoms with Gasteiger partial charge in [-0.25, -0.2) is 0 Å². The van der Waals surface area contributed by atoms with E-state index in [9.17, 15) is 0 Å². The predicted octanol–water partition coefficient (Wildman–Crippen LogP) is 1.89. The van der Waals surface area contributed by atoms with Gasteiger partial charge in [-0.15, -0.1) is 0 Å². The Balaban J connectivity index is 2.90. The van der Waals surface area contributed by atoms with Crippen LogP contribution in [0.2, 0.25) is 0 Å². The molecule has 0 fully saturated rings. The van der Waals surface area contributed by atoms with Crippen LogP contribution in [-0.4, -0.2) is 31.6 Å². The molecule has 21 heavy (non-hydrogen) atoms. The summed E-state index contributed by atoms with van der Waals surface area (Å²) >= 11 is 0. The first kappa shape index (κ1) is 17.1. The van der Waals surface area contributed by atoms with Crippen LogP contribution in [0, 0.1) is 0 Å². The Bertz CT molecular complexity index is 474. The summed E-state index contributed by atoms with van der Waals surface area (Å²) in [5.41, 5.74) is 15.3. The third kappa shape index (κ3) is 5.16. The van der Waals surface area contributed by atoms with Crippen LogP contribution in [-0.2, 0) is 6.42 Å². The summed E-state index contributed by atoms with van der Waals surface area (Å²) in [6.45, 7) is 6.89. The van der Waals surface area contributed by atoms with Gasteiger partial charge in [0.05, 0.1) is 5.82 Å². The third-order valence-electron chi connectivity index (χ3n) is 3.56. The Morgan fingerprint density at radius 3 is 2.38 bits per heavy atom.